The molecular weight excluding hydrogens is 294 g/mol. The molecule has 1 N–H and O–H groups in total. The average molecular weight is 307 g/mol. The highest BCUT2D eigenvalue weighted by Gasteiger charge is 2.34. The molecule has 0 bridgehead atoms. The van der Waals surface area contributed by atoms with Crippen LogP contribution in [0.4, 0.5) is 17.6 Å². The lowest BCUT2D eigenvalue weighted by molar-refractivity contribution is -0.138. The lowest BCUT2D eigenvalue weighted by Gasteiger charge is -2.13. The van der Waals surface area contributed by atoms with Crippen molar-refractivity contribution in [3.63, 3.8) is 0 Å². The summed E-state index contributed by atoms with van der Waals surface area (Å²) < 4.78 is 52.1. The van der Waals surface area contributed by atoms with Crippen LogP contribution in [0.15, 0.2) is 29.3 Å². The number of hydroxylamine groups is 1. The number of hydrogen-bond donors (Lipinski definition) is 1. The molecule has 0 fully saturated rings. The molecule has 2 rings (SSSR count). The Bertz CT molecular complexity index is 540. The molecule has 1 aliphatic rings. The van der Waals surface area contributed by atoms with Crippen molar-refractivity contribution < 1.29 is 22.4 Å². The second kappa shape index (κ2) is 5.29. The molecule has 2 nitrogen and oxygen atoms in total. The van der Waals surface area contributed by atoms with Gasteiger partial charge in [-0.15, -0.1) is 11.8 Å². The van der Waals surface area contributed by atoms with Crippen LogP contribution in [0.5, 0.6) is 0 Å². The first-order valence-corrected chi connectivity index (χ1v) is 6.82. The van der Waals surface area contributed by atoms with Crippen LogP contribution in [0.2, 0.25) is 0 Å². The molecule has 110 valence electrons. The molecule has 1 heterocycles. The number of nitrogens with one attached hydrogen (secondary N) is 1. The van der Waals surface area contributed by atoms with Crippen molar-refractivity contribution >= 4 is 11.8 Å². The fraction of sp³-hybridized carbons (Fsp3) is 0.385. The first-order valence-electron chi connectivity index (χ1n) is 5.83. The van der Waals surface area contributed by atoms with Crippen LogP contribution < -0.4 is 5.48 Å². The van der Waals surface area contributed by atoms with E-state index in [0.717, 1.165) is 30.0 Å². The normalized spacial score (nSPS) is 17.8. The van der Waals surface area contributed by atoms with E-state index in [0.29, 0.717) is 5.03 Å². The third kappa shape index (κ3) is 3.46. The van der Waals surface area contributed by atoms with Crippen LogP contribution in [0.25, 0.3) is 0 Å². The summed E-state index contributed by atoms with van der Waals surface area (Å²) in [6.45, 7) is 3.61. The second-order valence-electron chi connectivity index (χ2n) is 4.87. The van der Waals surface area contributed by atoms with Gasteiger partial charge in [-0.25, -0.2) is 4.39 Å². The van der Waals surface area contributed by atoms with Gasteiger partial charge in [-0.05, 0) is 32.1 Å². The Balaban J connectivity index is 2.18. The monoisotopic (exact) mass is 307 g/mol. The number of rotatable bonds is 3. The number of hydrogen-bond acceptors (Lipinski definition) is 3. The molecule has 0 spiro atoms. The van der Waals surface area contributed by atoms with Crippen molar-refractivity contribution in [2.24, 2.45) is 0 Å². The number of thioether (sulfide) groups is 1. The first kappa shape index (κ1) is 15.2. The van der Waals surface area contributed by atoms with E-state index in [2.05, 4.69) is 5.48 Å². The van der Waals surface area contributed by atoms with Gasteiger partial charge in [0.2, 0.25) is 0 Å². The zero-order chi connectivity index (χ0) is 15.0. The SMILES string of the molecule is CC1(C)C=C(SCc2c(F)cccc2C(F)(F)F)NO1. The highest BCUT2D eigenvalue weighted by molar-refractivity contribution is 8.02. The van der Waals surface area contributed by atoms with Gasteiger partial charge in [0.25, 0.3) is 0 Å². The molecule has 0 saturated carbocycles. The minimum absolute atomic E-state index is 0.125. The summed E-state index contributed by atoms with van der Waals surface area (Å²) in [4.78, 5) is 5.19. The maximum Gasteiger partial charge on any atom is 0.416 e. The molecular formula is C13H13F4NOS. The topological polar surface area (TPSA) is 21.3 Å². The van der Waals surface area contributed by atoms with Gasteiger partial charge >= 0.3 is 6.18 Å². The van der Waals surface area contributed by atoms with Crippen LogP contribution >= 0.6 is 11.8 Å². The summed E-state index contributed by atoms with van der Waals surface area (Å²) in [6, 6.07) is 2.98. The van der Waals surface area contributed by atoms with E-state index < -0.39 is 23.2 Å². The van der Waals surface area contributed by atoms with Crippen molar-refractivity contribution in [1.29, 1.82) is 0 Å². The fourth-order valence-corrected chi connectivity index (χ4v) is 2.81. The van der Waals surface area contributed by atoms with E-state index in [1.807, 2.05) is 0 Å². The van der Waals surface area contributed by atoms with Gasteiger partial charge in [-0.1, -0.05) is 6.07 Å². The van der Waals surface area contributed by atoms with Gasteiger partial charge in [0, 0.05) is 11.3 Å². The maximum atomic E-state index is 13.6. The Labute approximate surface area is 118 Å². The lowest BCUT2D eigenvalue weighted by Crippen LogP contribution is -2.20. The first-order chi connectivity index (χ1) is 9.19. The zero-order valence-electron chi connectivity index (χ0n) is 10.8. The van der Waals surface area contributed by atoms with Gasteiger partial charge in [-0.2, -0.15) is 13.2 Å². The summed E-state index contributed by atoms with van der Waals surface area (Å²) in [7, 11) is 0. The van der Waals surface area contributed by atoms with E-state index in [4.69, 9.17) is 4.84 Å². The quantitative estimate of drug-likeness (QED) is 0.844. The molecule has 0 aliphatic carbocycles. The van der Waals surface area contributed by atoms with E-state index >= 15 is 0 Å². The highest BCUT2D eigenvalue weighted by Crippen LogP contribution is 2.36. The van der Waals surface area contributed by atoms with E-state index in [9.17, 15) is 17.6 Å². The Hall–Kier alpha value is -1.21. The van der Waals surface area contributed by atoms with Crippen LogP contribution in [-0.4, -0.2) is 5.60 Å². The van der Waals surface area contributed by atoms with Crippen molar-refractivity contribution in [3.05, 3.63) is 46.2 Å². The number of benzene rings is 1. The van der Waals surface area contributed by atoms with Crippen LogP contribution in [0.3, 0.4) is 0 Å². The molecule has 0 radical (unpaired) electrons. The molecule has 7 heteroatoms. The molecule has 0 unspecified atom stereocenters. The van der Waals surface area contributed by atoms with Crippen molar-refractivity contribution in [2.45, 2.75) is 31.4 Å². The van der Waals surface area contributed by atoms with E-state index in [1.165, 1.54) is 0 Å². The van der Waals surface area contributed by atoms with Gasteiger partial charge in [-0.3, -0.25) is 10.3 Å². The average Bonchev–Trinajstić information content (AvgIpc) is 2.66. The summed E-state index contributed by atoms with van der Waals surface area (Å²) in [5.41, 5.74) is 0.801. The smallest absolute Gasteiger partial charge is 0.265 e. The van der Waals surface area contributed by atoms with Crippen molar-refractivity contribution in [1.82, 2.24) is 5.48 Å². The minimum atomic E-state index is -4.56. The lowest BCUT2D eigenvalue weighted by atomic mass is 10.1. The van der Waals surface area contributed by atoms with Crippen molar-refractivity contribution in [2.75, 3.05) is 0 Å². The summed E-state index contributed by atoms with van der Waals surface area (Å²) in [6.07, 6.45) is -2.82. The van der Waals surface area contributed by atoms with E-state index in [-0.39, 0.29) is 11.3 Å². The Kier molecular flexibility index (Phi) is 4.02. The third-order valence-corrected chi connectivity index (χ3v) is 3.63. The van der Waals surface area contributed by atoms with Crippen LogP contribution in [-0.2, 0) is 16.8 Å². The fourth-order valence-electron chi connectivity index (χ4n) is 1.75. The Morgan fingerprint density at radius 3 is 2.55 bits per heavy atom. The largest absolute Gasteiger partial charge is 0.416 e. The molecule has 0 saturated heterocycles. The Morgan fingerprint density at radius 1 is 1.30 bits per heavy atom. The molecule has 1 aliphatic heterocycles. The zero-order valence-corrected chi connectivity index (χ0v) is 11.7. The highest BCUT2D eigenvalue weighted by atomic mass is 32.2. The minimum Gasteiger partial charge on any atom is -0.265 e. The Morgan fingerprint density at radius 2 is 2.00 bits per heavy atom. The van der Waals surface area contributed by atoms with Crippen LogP contribution in [0.1, 0.15) is 25.0 Å². The second-order valence-corrected chi connectivity index (χ2v) is 5.89. The van der Waals surface area contributed by atoms with Crippen LogP contribution in [0, 0.1) is 5.82 Å². The number of alkyl halides is 3. The molecule has 0 amide bonds. The van der Waals surface area contributed by atoms with E-state index in [1.54, 1.807) is 19.9 Å². The molecule has 0 atom stereocenters. The van der Waals surface area contributed by atoms with Gasteiger partial charge in [0.1, 0.15) is 11.4 Å². The van der Waals surface area contributed by atoms with Gasteiger partial charge in [0.15, 0.2) is 0 Å². The van der Waals surface area contributed by atoms with Gasteiger partial charge < -0.3 is 0 Å². The maximum absolute atomic E-state index is 13.6. The molecule has 20 heavy (non-hydrogen) atoms. The number of halogens is 4. The summed E-state index contributed by atoms with van der Waals surface area (Å²) in [5.74, 6) is -0.981. The summed E-state index contributed by atoms with van der Waals surface area (Å²) >= 11 is 1.07. The standard InChI is InChI=1S/C13H13F4NOS/c1-12(2)6-11(18-19-12)20-7-8-9(13(15,16)17)4-3-5-10(8)14/h3-6,18H,7H2,1-2H3. The van der Waals surface area contributed by atoms with Crippen molar-refractivity contribution in [3.8, 4) is 0 Å². The molecule has 1 aromatic carbocycles. The molecule has 1 aromatic rings. The van der Waals surface area contributed by atoms with Gasteiger partial charge in [0.05, 0.1) is 10.6 Å². The molecule has 0 aromatic heterocycles. The summed E-state index contributed by atoms with van der Waals surface area (Å²) in [5, 5.41) is 0.575. The predicted molar refractivity (Wildman–Crippen MR) is 69.1 cm³/mol. The predicted octanol–water partition coefficient (Wildman–Crippen LogP) is 4.23. The third-order valence-electron chi connectivity index (χ3n) is 2.69.